The molecule has 1 N–H and O–H groups in total. The van der Waals surface area contributed by atoms with Crippen LogP contribution in [0.2, 0.25) is 15.1 Å². The van der Waals surface area contributed by atoms with Gasteiger partial charge in [-0.05, 0) is 42.9 Å². The minimum absolute atomic E-state index is 0.00634. The Morgan fingerprint density at radius 3 is 2.49 bits per heavy atom. The number of aliphatic imine (C=N–C) groups is 1. The van der Waals surface area contributed by atoms with Crippen LogP contribution in [0.4, 0.5) is 10.1 Å². The van der Waals surface area contributed by atoms with Gasteiger partial charge in [-0.1, -0.05) is 62.2 Å². The number of rotatable bonds is 5. The van der Waals surface area contributed by atoms with Gasteiger partial charge < -0.3 is 14.9 Å². The lowest BCUT2D eigenvalue weighted by Gasteiger charge is -2.38. The van der Waals surface area contributed by atoms with Crippen LogP contribution in [0.1, 0.15) is 44.4 Å². The van der Waals surface area contributed by atoms with Gasteiger partial charge in [0.2, 0.25) is 5.91 Å². The monoisotopic (exact) mass is 672 g/mol. The number of amides is 1. The molecule has 2 aliphatic heterocycles. The van der Waals surface area contributed by atoms with Gasteiger partial charge in [-0.2, -0.15) is 5.26 Å². The second kappa shape index (κ2) is 12.6. The van der Waals surface area contributed by atoms with Crippen LogP contribution in [0.3, 0.4) is 0 Å². The van der Waals surface area contributed by atoms with Gasteiger partial charge in [0, 0.05) is 49.4 Å². The number of anilines is 1. The summed E-state index contributed by atoms with van der Waals surface area (Å²) < 4.78 is 16.2. The number of carbonyl (C=O) groups excluding carboxylic acids is 1. The molecule has 2 aliphatic rings. The van der Waals surface area contributed by atoms with Crippen molar-refractivity contribution in [2.45, 2.75) is 40.2 Å². The lowest BCUT2D eigenvalue weighted by Crippen LogP contribution is -2.49. The van der Waals surface area contributed by atoms with E-state index in [4.69, 9.17) is 44.8 Å². The van der Waals surface area contributed by atoms with Crippen molar-refractivity contribution in [3.8, 4) is 23.1 Å². The maximum atomic E-state index is 14.7. The lowest BCUT2D eigenvalue weighted by molar-refractivity contribution is -0.126. The van der Waals surface area contributed by atoms with Crippen LogP contribution in [0, 0.1) is 35.9 Å². The Labute approximate surface area is 275 Å². The van der Waals surface area contributed by atoms with Crippen molar-refractivity contribution in [3.63, 3.8) is 0 Å². The molecular weight excluding hydrogens is 642 g/mol. The van der Waals surface area contributed by atoms with Crippen LogP contribution in [0.5, 0.6) is 5.75 Å². The number of carbonyl (C=O) groups is 1. The topological polar surface area (TPSA) is 115 Å². The maximum absolute atomic E-state index is 14.7. The number of halogens is 4. The summed E-state index contributed by atoms with van der Waals surface area (Å²) in [6.45, 7) is 13.1. The molecule has 9 nitrogen and oxygen atoms in total. The number of nitrogens with zero attached hydrogens (tertiary/aromatic N) is 6. The Morgan fingerprint density at radius 2 is 1.89 bits per heavy atom. The van der Waals surface area contributed by atoms with Crippen molar-refractivity contribution in [2.24, 2.45) is 16.8 Å². The van der Waals surface area contributed by atoms with Gasteiger partial charge in [0.15, 0.2) is 5.82 Å². The molecular formula is C32H32Cl3FN6O3. The third kappa shape index (κ3) is 5.45. The number of hydrogen-bond donors (Lipinski definition) is 1. The fourth-order valence-corrected chi connectivity index (χ4v) is 7.01. The van der Waals surface area contributed by atoms with Crippen LogP contribution >= 0.6 is 34.8 Å². The number of phenols is 1. The summed E-state index contributed by atoms with van der Waals surface area (Å²) in [5.74, 6) is -1.81. The van der Waals surface area contributed by atoms with E-state index in [1.54, 1.807) is 11.0 Å². The lowest BCUT2D eigenvalue weighted by atomic mass is 9.85. The van der Waals surface area contributed by atoms with Crippen LogP contribution < -0.4 is 10.5 Å². The van der Waals surface area contributed by atoms with Gasteiger partial charge in [-0.25, -0.2) is 9.37 Å². The van der Waals surface area contributed by atoms with E-state index in [1.807, 2.05) is 25.7 Å². The van der Waals surface area contributed by atoms with Crippen molar-refractivity contribution in [3.05, 3.63) is 61.1 Å². The molecule has 1 saturated heterocycles. The highest BCUT2D eigenvalue weighted by Crippen LogP contribution is 2.46. The Morgan fingerprint density at radius 1 is 1.22 bits per heavy atom. The number of piperazine rings is 1. The van der Waals surface area contributed by atoms with Crippen molar-refractivity contribution in [1.29, 1.82) is 5.26 Å². The predicted octanol–water partition coefficient (Wildman–Crippen LogP) is 6.56. The van der Waals surface area contributed by atoms with Crippen LogP contribution in [-0.2, 0) is 4.79 Å². The molecule has 0 saturated carbocycles. The van der Waals surface area contributed by atoms with Gasteiger partial charge in [0.1, 0.15) is 28.1 Å². The van der Waals surface area contributed by atoms with Gasteiger partial charge >= 0.3 is 0 Å². The van der Waals surface area contributed by atoms with Gasteiger partial charge in [0.05, 0.1) is 27.5 Å². The van der Waals surface area contributed by atoms with E-state index in [2.05, 4.69) is 12.6 Å². The van der Waals surface area contributed by atoms with Crippen molar-refractivity contribution >= 4 is 63.1 Å². The zero-order chi connectivity index (χ0) is 32.9. The molecule has 0 radical (unpaired) electrons. The molecule has 4 heterocycles. The first kappa shape index (κ1) is 32.7. The highest BCUT2D eigenvalue weighted by molar-refractivity contribution is 6.38. The van der Waals surface area contributed by atoms with Crippen LogP contribution in [0.25, 0.3) is 22.3 Å². The smallest absolute Gasteiger partial charge is 0.272 e. The van der Waals surface area contributed by atoms with Gasteiger partial charge in [-0.15, -0.1) is 0 Å². The molecule has 13 heteroatoms. The zero-order valence-electron chi connectivity index (χ0n) is 25.3. The Kier molecular flexibility index (Phi) is 9.18. The number of phenolic OH excluding ortho intramolecular Hbond substituents is 1. The normalized spacial score (nSPS) is 18.7. The number of nitriles is 1. The molecule has 2 aromatic heterocycles. The van der Waals surface area contributed by atoms with E-state index >= 15 is 0 Å². The van der Waals surface area contributed by atoms with Crippen molar-refractivity contribution in [1.82, 2.24) is 14.5 Å². The van der Waals surface area contributed by atoms with E-state index in [0.29, 0.717) is 50.2 Å². The highest BCUT2D eigenvalue weighted by atomic mass is 35.5. The largest absolute Gasteiger partial charge is 0.506 e. The Balaban J connectivity index is 1.88. The first-order valence-electron chi connectivity index (χ1n) is 14.6. The molecule has 2 atom stereocenters. The molecule has 0 bridgehead atoms. The third-order valence-corrected chi connectivity index (χ3v) is 9.75. The highest BCUT2D eigenvalue weighted by Gasteiger charge is 2.36. The molecule has 0 spiro atoms. The van der Waals surface area contributed by atoms with Crippen molar-refractivity contribution < 1.29 is 14.3 Å². The fourth-order valence-electron chi connectivity index (χ4n) is 6.33. The predicted molar refractivity (Wildman–Crippen MR) is 176 cm³/mol. The van der Waals surface area contributed by atoms with E-state index in [1.165, 1.54) is 17.6 Å². The van der Waals surface area contributed by atoms with E-state index in [-0.39, 0.29) is 55.8 Å². The SMILES string of the molecule is C=CC(=O)N1CCN(c2c(C#N)c(=O)n(C3C(C(C)C)=NCC[C@H]3C)c3nc(-c4c(C)c(Cl)c(F)c(Cl)c4O)c(Cl)cc23)CC1. The number of aromatic hydroxyl groups is 1. The second-order valence-electron chi connectivity index (χ2n) is 11.7. The molecule has 1 fully saturated rings. The summed E-state index contributed by atoms with van der Waals surface area (Å²) in [7, 11) is 0. The maximum Gasteiger partial charge on any atom is 0.272 e. The minimum atomic E-state index is -0.977. The van der Waals surface area contributed by atoms with Gasteiger partial charge in [0.25, 0.3) is 5.56 Å². The molecule has 1 amide bonds. The summed E-state index contributed by atoms with van der Waals surface area (Å²) in [6.07, 6.45) is 1.96. The summed E-state index contributed by atoms with van der Waals surface area (Å²) in [6, 6.07) is 3.22. The Hall–Kier alpha value is -3.65. The van der Waals surface area contributed by atoms with Crippen molar-refractivity contribution in [2.75, 3.05) is 37.6 Å². The second-order valence-corrected chi connectivity index (χ2v) is 12.8. The molecule has 1 unspecified atom stereocenters. The number of benzene rings is 1. The standard InChI is InChI=1S/C32H32Cl3FN6O3/c1-6-21(43)40-9-11-41(12-10-40)29-18-13-20(33)27(22-17(5)23(34)25(36)24(35)30(22)44)39-31(18)42(32(45)19(29)14-37)28-16(4)7-8-38-26(28)15(2)3/h6,13,15-16,28,44H,1,7-12H2,2-5H3/t16-,28?/m1/s1. The molecule has 45 heavy (non-hydrogen) atoms. The number of hydrogen-bond acceptors (Lipinski definition) is 7. The molecule has 1 aromatic carbocycles. The number of pyridine rings is 2. The average Bonchev–Trinajstić information content (AvgIpc) is 3.02. The van der Waals surface area contributed by atoms with E-state index in [9.17, 15) is 24.3 Å². The van der Waals surface area contributed by atoms with E-state index in [0.717, 1.165) is 5.71 Å². The molecule has 0 aliphatic carbocycles. The minimum Gasteiger partial charge on any atom is -0.506 e. The first-order valence-corrected chi connectivity index (χ1v) is 15.7. The Bertz CT molecular complexity index is 1850. The zero-order valence-corrected chi connectivity index (χ0v) is 27.6. The van der Waals surface area contributed by atoms with Crippen LogP contribution in [-0.4, -0.2) is 63.9 Å². The molecule has 236 valence electrons. The van der Waals surface area contributed by atoms with Gasteiger partial charge in [-0.3, -0.25) is 19.1 Å². The summed E-state index contributed by atoms with van der Waals surface area (Å²) in [5.41, 5.74) is 0.955. The summed E-state index contributed by atoms with van der Waals surface area (Å²) in [4.78, 5) is 40.0. The third-order valence-electron chi connectivity index (χ3n) is 8.66. The van der Waals surface area contributed by atoms with E-state index < -0.39 is 28.2 Å². The molecule has 5 rings (SSSR count). The first-order chi connectivity index (χ1) is 21.3. The number of fused-ring (bicyclic) bond motifs is 1. The quantitative estimate of drug-likeness (QED) is 0.242. The summed E-state index contributed by atoms with van der Waals surface area (Å²) >= 11 is 19.2. The summed E-state index contributed by atoms with van der Waals surface area (Å²) in [5, 5.41) is 21.0. The fraction of sp³-hybridized carbons (Fsp3) is 0.406. The van der Waals surface area contributed by atoms with Crippen LogP contribution in [0.15, 0.2) is 28.5 Å². The molecule has 3 aromatic rings. The number of aromatic nitrogens is 2. The average molecular weight is 674 g/mol.